The molecule has 1 aliphatic rings. The summed E-state index contributed by atoms with van der Waals surface area (Å²) >= 11 is 4.07. The molecule has 0 saturated carbocycles. The van der Waals surface area contributed by atoms with Crippen molar-refractivity contribution in [3.8, 4) is 0 Å². The summed E-state index contributed by atoms with van der Waals surface area (Å²) in [4.78, 5) is 6.94. The molecule has 0 bridgehead atoms. The van der Waals surface area contributed by atoms with Crippen LogP contribution in [0.5, 0.6) is 0 Å². The average Bonchev–Trinajstić information content (AvgIpc) is 2.55. The minimum absolute atomic E-state index is 0.323. The van der Waals surface area contributed by atoms with Crippen LogP contribution in [0.15, 0.2) is 11.2 Å². The maximum atomic E-state index is 5.20. The van der Waals surface area contributed by atoms with Gasteiger partial charge in [-0.2, -0.15) is 0 Å². The summed E-state index contributed by atoms with van der Waals surface area (Å²) in [5.41, 5.74) is 0. The van der Waals surface area contributed by atoms with Crippen molar-refractivity contribution in [3.05, 3.63) is 12.0 Å². The van der Waals surface area contributed by atoms with Crippen molar-refractivity contribution in [1.29, 1.82) is 0 Å². The van der Waals surface area contributed by atoms with Crippen molar-refractivity contribution < 1.29 is 9.47 Å². The van der Waals surface area contributed by atoms with E-state index in [0.29, 0.717) is 19.0 Å². The fourth-order valence-electron chi connectivity index (χ4n) is 0.963. The van der Waals surface area contributed by atoms with Crippen LogP contribution in [0.25, 0.3) is 0 Å². The Balaban J connectivity index is 2.15. The van der Waals surface area contributed by atoms with Gasteiger partial charge in [0.15, 0.2) is 5.82 Å². The Morgan fingerprint density at radius 1 is 1.55 bits per heavy atom. The number of hydrogen-bond donors (Lipinski definition) is 2. The van der Waals surface area contributed by atoms with E-state index in [1.165, 1.54) is 0 Å². The molecule has 0 spiro atoms. The van der Waals surface area contributed by atoms with Crippen LogP contribution in [0.4, 0.5) is 0 Å². The van der Waals surface area contributed by atoms with Crippen molar-refractivity contribution in [2.24, 2.45) is 0 Å². The molecule has 0 radical (unpaired) electrons. The number of ether oxygens (including phenoxy) is 2. The summed E-state index contributed by atoms with van der Waals surface area (Å²) < 4.78 is 10.4. The standard InChI is InChI=1S/C6H8N2O2S/c11-4-3-7-5(8-4)6-9-1-2-10-6/h3,6,11H,1-2H2,(H,7,8). The van der Waals surface area contributed by atoms with Crippen molar-refractivity contribution in [1.82, 2.24) is 9.97 Å². The van der Waals surface area contributed by atoms with Crippen LogP contribution in [0.2, 0.25) is 0 Å². The van der Waals surface area contributed by atoms with E-state index in [4.69, 9.17) is 9.47 Å². The van der Waals surface area contributed by atoms with E-state index < -0.39 is 0 Å². The molecule has 2 heterocycles. The molecular formula is C6H8N2O2S. The van der Waals surface area contributed by atoms with Gasteiger partial charge in [0.2, 0.25) is 6.29 Å². The molecule has 4 nitrogen and oxygen atoms in total. The van der Waals surface area contributed by atoms with Gasteiger partial charge in [-0.3, -0.25) is 0 Å². The van der Waals surface area contributed by atoms with Gasteiger partial charge < -0.3 is 14.5 Å². The second-order valence-electron chi connectivity index (χ2n) is 2.23. The summed E-state index contributed by atoms with van der Waals surface area (Å²) in [5.74, 6) is 0.688. The first kappa shape index (κ1) is 7.15. The molecule has 1 N–H and O–H groups in total. The first-order chi connectivity index (χ1) is 5.36. The molecule has 1 aliphatic heterocycles. The van der Waals surface area contributed by atoms with Crippen molar-refractivity contribution >= 4 is 12.6 Å². The Labute approximate surface area is 69.3 Å². The van der Waals surface area contributed by atoms with Crippen molar-refractivity contribution in [2.75, 3.05) is 13.2 Å². The van der Waals surface area contributed by atoms with E-state index in [9.17, 15) is 0 Å². The smallest absolute Gasteiger partial charge is 0.217 e. The molecular weight excluding hydrogens is 164 g/mol. The van der Waals surface area contributed by atoms with Crippen LogP contribution in [0.3, 0.4) is 0 Å². The van der Waals surface area contributed by atoms with E-state index >= 15 is 0 Å². The van der Waals surface area contributed by atoms with Gasteiger partial charge in [0.25, 0.3) is 0 Å². The van der Waals surface area contributed by atoms with Crippen LogP contribution < -0.4 is 0 Å². The zero-order valence-electron chi connectivity index (χ0n) is 5.78. The molecule has 1 aromatic rings. The Kier molecular flexibility index (Phi) is 1.85. The SMILES string of the molecule is Sc1cnc(C2OCCO2)[nH]1. The molecule has 0 unspecified atom stereocenters. The number of imidazole rings is 1. The fourth-order valence-corrected chi connectivity index (χ4v) is 1.13. The van der Waals surface area contributed by atoms with Gasteiger partial charge in [-0.15, -0.1) is 12.6 Å². The highest BCUT2D eigenvalue weighted by molar-refractivity contribution is 7.80. The molecule has 2 rings (SSSR count). The van der Waals surface area contributed by atoms with Gasteiger partial charge in [0.1, 0.15) is 0 Å². The van der Waals surface area contributed by atoms with Crippen LogP contribution in [-0.4, -0.2) is 23.2 Å². The predicted octanol–water partition coefficient (Wildman–Crippen LogP) is 0.744. The number of nitrogens with one attached hydrogen (secondary N) is 1. The quantitative estimate of drug-likeness (QED) is 0.614. The summed E-state index contributed by atoms with van der Waals surface area (Å²) in [6, 6.07) is 0. The minimum atomic E-state index is -0.323. The second kappa shape index (κ2) is 2.84. The average molecular weight is 172 g/mol. The Morgan fingerprint density at radius 2 is 2.27 bits per heavy atom. The molecule has 11 heavy (non-hydrogen) atoms. The van der Waals surface area contributed by atoms with Gasteiger partial charge in [-0.25, -0.2) is 4.98 Å². The van der Waals surface area contributed by atoms with E-state index in [2.05, 4.69) is 22.6 Å². The van der Waals surface area contributed by atoms with Gasteiger partial charge in [0, 0.05) is 0 Å². The van der Waals surface area contributed by atoms with Crippen LogP contribution >= 0.6 is 12.6 Å². The highest BCUT2D eigenvalue weighted by Crippen LogP contribution is 2.20. The zero-order valence-corrected chi connectivity index (χ0v) is 6.67. The summed E-state index contributed by atoms with van der Waals surface area (Å²) in [5, 5.41) is 0.721. The number of aromatic nitrogens is 2. The van der Waals surface area contributed by atoms with Crippen molar-refractivity contribution in [2.45, 2.75) is 11.3 Å². The summed E-state index contributed by atoms with van der Waals surface area (Å²) in [7, 11) is 0. The maximum absolute atomic E-state index is 5.20. The van der Waals surface area contributed by atoms with E-state index in [-0.39, 0.29) is 6.29 Å². The molecule has 0 aromatic carbocycles. The van der Waals surface area contributed by atoms with E-state index in [1.54, 1.807) is 6.20 Å². The number of hydrogen-bond acceptors (Lipinski definition) is 4. The lowest BCUT2D eigenvalue weighted by atomic mass is 10.6. The molecule has 0 atom stereocenters. The Morgan fingerprint density at radius 3 is 2.82 bits per heavy atom. The molecule has 0 aliphatic carbocycles. The maximum Gasteiger partial charge on any atom is 0.217 e. The third kappa shape index (κ3) is 1.40. The lowest BCUT2D eigenvalue weighted by Crippen LogP contribution is -1.99. The van der Waals surface area contributed by atoms with E-state index in [1.807, 2.05) is 0 Å². The lowest BCUT2D eigenvalue weighted by molar-refractivity contribution is -0.0503. The van der Waals surface area contributed by atoms with Gasteiger partial charge >= 0.3 is 0 Å². The highest BCUT2D eigenvalue weighted by atomic mass is 32.1. The number of rotatable bonds is 1. The predicted molar refractivity (Wildman–Crippen MR) is 40.5 cm³/mol. The van der Waals surface area contributed by atoms with Crippen LogP contribution in [0, 0.1) is 0 Å². The molecule has 1 saturated heterocycles. The molecule has 60 valence electrons. The first-order valence-corrected chi connectivity index (χ1v) is 3.78. The monoisotopic (exact) mass is 172 g/mol. The molecule has 1 aromatic heterocycles. The summed E-state index contributed by atoms with van der Waals surface area (Å²) in [6.07, 6.45) is 1.31. The molecule has 0 amide bonds. The third-order valence-electron chi connectivity index (χ3n) is 1.43. The Bertz CT molecular complexity index is 244. The highest BCUT2D eigenvalue weighted by Gasteiger charge is 2.20. The summed E-state index contributed by atoms with van der Waals surface area (Å²) in [6.45, 7) is 1.26. The molecule has 5 heteroatoms. The van der Waals surface area contributed by atoms with Gasteiger partial charge in [-0.05, 0) is 0 Å². The minimum Gasteiger partial charge on any atom is -0.343 e. The normalized spacial score (nSPS) is 19.4. The van der Waals surface area contributed by atoms with Crippen molar-refractivity contribution in [3.63, 3.8) is 0 Å². The fraction of sp³-hybridized carbons (Fsp3) is 0.500. The Hall–Kier alpha value is -0.520. The third-order valence-corrected chi connectivity index (χ3v) is 1.65. The topological polar surface area (TPSA) is 47.1 Å². The molecule has 1 fully saturated rings. The zero-order chi connectivity index (χ0) is 7.68. The first-order valence-electron chi connectivity index (χ1n) is 3.33. The lowest BCUT2D eigenvalue weighted by Gasteiger charge is -2.03. The number of aromatic amines is 1. The largest absolute Gasteiger partial charge is 0.343 e. The number of nitrogens with zero attached hydrogens (tertiary/aromatic N) is 1. The van der Waals surface area contributed by atoms with Gasteiger partial charge in [0.05, 0.1) is 24.4 Å². The number of H-pyrrole nitrogens is 1. The van der Waals surface area contributed by atoms with Crippen LogP contribution in [0.1, 0.15) is 12.1 Å². The van der Waals surface area contributed by atoms with Crippen LogP contribution in [-0.2, 0) is 9.47 Å². The second-order valence-corrected chi connectivity index (χ2v) is 2.71. The number of thiol groups is 1. The van der Waals surface area contributed by atoms with E-state index in [0.717, 1.165) is 5.03 Å². The van der Waals surface area contributed by atoms with Gasteiger partial charge in [-0.1, -0.05) is 0 Å².